The Morgan fingerprint density at radius 3 is 3.18 bits per heavy atom. The molecule has 0 aromatic carbocycles. The van der Waals surface area contributed by atoms with Crippen LogP contribution in [0.4, 0.5) is 0 Å². The van der Waals surface area contributed by atoms with E-state index in [0.717, 1.165) is 23.6 Å². The first-order chi connectivity index (χ1) is 8.40. The second-order valence-corrected chi connectivity index (χ2v) is 6.05. The molecule has 0 fully saturated rings. The van der Waals surface area contributed by atoms with Crippen molar-refractivity contribution in [2.45, 2.75) is 18.7 Å². The lowest BCUT2D eigenvalue weighted by atomic mass is 10.1. The number of rotatable bonds is 3. The van der Waals surface area contributed by atoms with E-state index in [-0.39, 0.29) is 6.61 Å². The molecule has 0 bridgehead atoms. The highest BCUT2D eigenvalue weighted by Crippen LogP contribution is 2.34. The first-order valence-corrected chi connectivity index (χ1v) is 7.74. The van der Waals surface area contributed by atoms with E-state index in [1.807, 2.05) is 16.4 Å². The van der Waals surface area contributed by atoms with E-state index >= 15 is 0 Å². The molecule has 1 aliphatic heterocycles. The largest absolute Gasteiger partial charge is 0.394 e. The second kappa shape index (κ2) is 4.84. The topological polar surface area (TPSA) is 38.0 Å². The van der Waals surface area contributed by atoms with Gasteiger partial charge < -0.3 is 5.11 Å². The van der Waals surface area contributed by atoms with Crippen molar-refractivity contribution in [1.82, 2.24) is 9.78 Å². The molecule has 5 heteroatoms. The van der Waals surface area contributed by atoms with Crippen molar-refractivity contribution in [2.24, 2.45) is 0 Å². The van der Waals surface area contributed by atoms with Gasteiger partial charge in [0, 0.05) is 17.0 Å². The highest BCUT2D eigenvalue weighted by Gasteiger charge is 2.21. The van der Waals surface area contributed by atoms with E-state index in [9.17, 15) is 0 Å². The van der Waals surface area contributed by atoms with Gasteiger partial charge in [-0.3, -0.25) is 4.68 Å². The summed E-state index contributed by atoms with van der Waals surface area (Å²) in [7, 11) is 0. The molecule has 90 valence electrons. The molecule has 0 unspecified atom stereocenters. The standard InChI is InChI=1S/C12H14N2OS2/c15-5-4-14-10-3-7-16-8-9(10)12(13-14)11-2-1-6-17-11/h1-2,6,15H,3-5,7-8H2. The van der Waals surface area contributed by atoms with Crippen molar-refractivity contribution in [2.75, 3.05) is 12.4 Å². The molecular weight excluding hydrogens is 252 g/mol. The van der Waals surface area contributed by atoms with Crippen LogP contribution >= 0.6 is 23.1 Å². The van der Waals surface area contributed by atoms with Crippen molar-refractivity contribution in [3.63, 3.8) is 0 Å². The number of nitrogens with zero attached hydrogens (tertiary/aromatic N) is 2. The molecule has 3 rings (SSSR count). The van der Waals surface area contributed by atoms with E-state index in [1.54, 1.807) is 11.3 Å². The van der Waals surface area contributed by atoms with Crippen LogP contribution in [0.2, 0.25) is 0 Å². The Labute approximate surface area is 108 Å². The van der Waals surface area contributed by atoms with E-state index in [1.165, 1.54) is 16.1 Å². The van der Waals surface area contributed by atoms with Crippen molar-refractivity contribution >= 4 is 23.1 Å². The normalized spacial score (nSPS) is 14.9. The SMILES string of the molecule is OCCn1nc(-c2cccs2)c2c1CCSC2. The quantitative estimate of drug-likeness (QED) is 0.927. The van der Waals surface area contributed by atoms with Crippen molar-refractivity contribution in [3.8, 4) is 10.6 Å². The zero-order chi connectivity index (χ0) is 11.7. The van der Waals surface area contributed by atoms with Gasteiger partial charge >= 0.3 is 0 Å². The lowest BCUT2D eigenvalue weighted by Crippen LogP contribution is -2.11. The summed E-state index contributed by atoms with van der Waals surface area (Å²) in [6, 6.07) is 4.18. The highest BCUT2D eigenvalue weighted by atomic mass is 32.2. The maximum Gasteiger partial charge on any atom is 0.107 e. The number of fused-ring (bicyclic) bond motifs is 1. The molecule has 0 spiro atoms. The van der Waals surface area contributed by atoms with Gasteiger partial charge in [-0.1, -0.05) is 6.07 Å². The lowest BCUT2D eigenvalue weighted by molar-refractivity contribution is 0.267. The van der Waals surface area contributed by atoms with Gasteiger partial charge in [0.05, 0.1) is 18.0 Å². The monoisotopic (exact) mass is 266 g/mol. The molecule has 0 radical (unpaired) electrons. The predicted molar refractivity (Wildman–Crippen MR) is 72.5 cm³/mol. The van der Waals surface area contributed by atoms with Gasteiger partial charge in [0.2, 0.25) is 0 Å². The van der Waals surface area contributed by atoms with E-state index in [2.05, 4.69) is 22.6 Å². The summed E-state index contributed by atoms with van der Waals surface area (Å²) < 4.78 is 1.99. The Hall–Kier alpha value is -0.780. The fourth-order valence-corrected chi connectivity index (χ4v) is 3.93. The van der Waals surface area contributed by atoms with Crippen LogP contribution in [-0.2, 0) is 18.7 Å². The van der Waals surface area contributed by atoms with Crippen molar-refractivity contribution in [1.29, 1.82) is 0 Å². The fraction of sp³-hybridized carbons (Fsp3) is 0.417. The highest BCUT2D eigenvalue weighted by molar-refractivity contribution is 7.98. The number of aliphatic hydroxyl groups excluding tert-OH is 1. The maximum atomic E-state index is 9.10. The average molecular weight is 266 g/mol. The zero-order valence-corrected chi connectivity index (χ0v) is 11.1. The van der Waals surface area contributed by atoms with E-state index < -0.39 is 0 Å². The van der Waals surface area contributed by atoms with Crippen molar-refractivity contribution in [3.05, 3.63) is 28.8 Å². The van der Waals surface area contributed by atoms with Gasteiger partial charge in [-0.2, -0.15) is 16.9 Å². The minimum atomic E-state index is 0.158. The molecule has 0 atom stereocenters. The third kappa shape index (κ3) is 2.03. The molecule has 1 N–H and O–H groups in total. The summed E-state index contributed by atoms with van der Waals surface area (Å²) in [5.74, 6) is 2.21. The molecule has 0 saturated carbocycles. The Balaban J connectivity index is 2.09. The number of aromatic nitrogens is 2. The first-order valence-electron chi connectivity index (χ1n) is 5.71. The Morgan fingerprint density at radius 2 is 2.41 bits per heavy atom. The smallest absolute Gasteiger partial charge is 0.107 e. The van der Waals surface area contributed by atoms with Gasteiger partial charge in [-0.15, -0.1) is 11.3 Å². The lowest BCUT2D eigenvalue weighted by Gasteiger charge is -2.13. The summed E-state index contributed by atoms with van der Waals surface area (Å²) in [4.78, 5) is 1.24. The number of thiophene rings is 1. The molecule has 3 nitrogen and oxygen atoms in total. The van der Waals surface area contributed by atoms with Crippen molar-refractivity contribution < 1.29 is 5.11 Å². The van der Waals surface area contributed by atoms with Gasteiger partial charge in [0.25, 0.3) is 0 Å². The van der Waals surface area contributed by atoms with Crippen LogP contribution in [-0.4, -0.2) is 27.2 Å². The molecule has 17 heavy (non-hydrogen) atoms. The summed E-state index contributed by atoms with van der Waals surface area (Å²) in [6.45, 7) is 0.767. The number of hydrogen-bond donors (Lipinski definition) is 1. The van der Waals surface area contributed by atoms with Crippen LogP contribution in [0.25, 0.3) is 10.6 Å². The Morgan fingerprint density at radius 1 is 1.47 bits per heavy atom. The minimum absolute atomic E-state index is 0.158. The summed E-state index contributed by atoms with van der Waals surface area (Å²) in [5.41, 5.74) is 3.81. The number of aliphatic hydroxyl groups is 1. The predicted octanol–water partition coefficient (Wildman–Crippen LogP) is 2.39. The van der Waals surface area contributed by atoms with Crippen LogP contribution in [0.1, 0.15) is 11.3 Å². The molecule has 1 aliphatic rings. The number of hydrogen-bond acceptors (Lipinski definition) is 4. The molecule has 0 aliphatic carbocycles. The minimum Gasteiger partial charge on any atom is -0.394 e. The van der Waals surface area contributed by atoms with E-state index in [0.29, 0.717) is 6.54 Å². The fourth-order valence-electron chi connectivity index (χ4n) is 2.20. The molecule has 0 amide bonds. The molecule has 2 aromatic heterocycles. The summed E-state index contributed by atoms with van der Waals surface area (Å²) in [6.07, 6.45) is 1.07. The molecule has 2 aromatic rings. The first kappa shape index (κ1) is 11.3. The van der Waals surface area contributed by atoms with Crippen LogP contribution in [0.15, 0.2) is 17.5 Å². The molecule has 3 heterocycles. The second-order valence-electron chi connectivity index (χ2n) is 4.00. The van der Waals surface area contributed by atoms with Gasteiger partial charge in [-0.05, 0) is 23.6 Å². The Bertz CT molecular complexity index is 505. The van der Waals surface area contributed by atoms with E-state index in [4.69, 9.17) is 5.11 Å². The molecular formula is C12H14N2OS2. The maximum absolute atomic E-state index is 9.10. The van der Waals surface area contributed by atoms with Gasteiger partial charge in [0.1, 0.15) is 5.69 Å². The third-order valence-electron chi connectivity index (χ3n) is 2.96. The van der Waals surface area contributed by atoms with Crippen LogP contribution in [0.5, 0.6) is 0 Å². The zero-order valence-electron chi connectivity index (χ0n) is 9.43. The summed E-state index contributed by atoms with van der Waals surface area (Å²) >= 11 is 3.70. The summed E-state index contributed by atoms with van der Waals surface area (Å²) in [5, 5.41) is 15.9. The van der Waals surface area contributed by atoms with Crippen LogP contribution < -0.4 is 0 Å². The third-order valence-corrected chi connectivity index (χ3v) is 4.82. The van der Waals surface area contributed by atoms with Gasteiger partial charge in [0.15, 0.2) is 0 Å². The average Bonchev–Trinajstić information content (AvgIpc) is 2.97. The molecule has 0 saturated heterocycles. The van der Waals surface area contributed by atoms with Gasteiger partial charge in [-0.25, -0.2) is 0 Å². The van der Waals surface area contributed by atoms with Crippen LogP contribution in [0, 0.1) is 0 Å². The number of thioether (sulfide) groups is 1. The van der Waals surface area contributed by atoms with Crippen LogP contribution in [0.3, 0.4) is 0 Å². The Kier molecular flexibility index (Phi) is 3.22.